The van der Waals surface area contributed by atoms with Crippen LogP contribution in [0, 0.1) is 0 Å². The summed E-state index contributed by atoms with van der Waals surface area (Å²) in [6, 6.07) is 7.79. The second-order valence-electron chi connectivity index (χ2n) is 4.17. The van der Waals surface area contributed by atoms with Gasteiger partial charge >= 0.3 is 0 Å². The Morgan fingerprint density at radius 1 is 1.59 bits per heavy atom. The zero-order valence-electron chi connectivity index (χ0n) is 9.78. The van der Waals surface area contributed by atoms with E-state index in [1.54, 1.807) is 0 Å². The first-order chi connectivity index (χ1) is 8.20. The van der Waals surface area contributed by atoms with E-state index >= 15 is 0 Å². The number of benzene rings is 1. The maximum absolute atomic E-state index is 11.9. The zero-order valence-corrected chi connectivity index (χ0v) is 11.4. The smallest absolute Gasteiger partial charge is 0.261 e. The summed E-state index contributed by atoms with van der Waals surface area (Å²) in [5.74, 6) is 0.803. The first kappa shape index (κ1) is 12.4. The van der Waals surface area contributed by atoms with E-state index in [1.165, 1.54) is 0 Å². The highest BCUT2D eigenvalue weighted by molar-refractivity contribution is 9.09. The normalized spacial score (nSPS) is 19.3. The monoisotopic (exact) mass is 297 g/mol. The molecule has 0 radical (unpaired) electrons. The molecule has 2 rings (SSSR count). The molecule has 1 heterocycles. The maximum Gasteiger partial charge on any atom is 0.261 e. The van der Waals surface area contributed by atoms with Crippen molar-refractivity contribution in [3.8, 4) is 5.75 Å². The summed E-state index contributed by atoms with van der Waals surface area (Å²) in [5.41, 5.74) is 1.11. The van der Waals surface area contributed by atoms with Crippen LogP contribution < -0.4 is 10.1 Å². The summed E-state index contributed by atoms with van der Waals surface area (Å²) < 4.78 is 5.61. The Balaban J connectivity index is 1.88. The molecule has 0 saturated carbocycles. The Bertz CT molecular complexity index is 383. The van der Waals surface area contributed by atoms with Crippen LogP contribution >= 0.6 is 15.9 Å². The summed E-state index contributed by atoms with van der Waals surface area (Å²) in [6.07, 6.45) is 1.29. The highest BCUT2D eigenvalue weighted by atomic mass is 79.9. The van der Waals surface area contributed by atoms with Crippen LogP contribution in [0.2, 0.25) is 0 Å². The fourth-order valence-corrected chi connectivity index (χ4v) is 1.96. The molecule has 0 aliphatic carbocycles. The molecule has 1 aliphatic rings. The maximum atomic E-state index is 11.9. The fraction of sp³-hybridized carbons (Fsp3) is 0.462. The number of fused-ring (bicyclic) bond motifs is 1. The zero-order chi connectivity index (χ0) is 12.3. The minimum absolute atomic E-state index is 0.0286. The van der Waals surface area contributed by atoms with Gasteiger partial charge in [0.05, 0.1) is 0 Å². The predicted molar refractivity (Wildman–Crippen MR) is 70.6 cm³/mol. The molecule has 0 spiro atoms. The summed E-state index contributed by atoms with van der Waals surface area (Å²) in [5, 5.41) is 2.90. The van der Waals surface area contributed by atoms with E-state index in [9.17, 15) is 4.79 Å². The number of carbonyl (C=O) groups excluding carboxylic acids is 1. The summed E-state index contributed by atoms with van der Waals surface area (Å²) in [6.45, 7) is 2.72. The van der Waals surface area contributed by atoms with Crippen LogP contribution in [0.4, 0.5) is 0 Å². The van der Waals surface area contributed by atoms with E-state index in [-0.39, 0.29) is 12.0 Å². The molecule has 1 aromatic rings. The van der Waals surface area contributed by atoms with Gasteiger partial charge in [-0.2, -0.15) is 0 Å². The van der Waals surface area contributed by atoms with Gasteiger partial charge < -0.3 is 10.1 Å². The van der Waals surface area contributed by atoms with Crippen molar-refractivity contribution in [1.82, 2.24) is 5.32 Å². The molecule has 0 fully saturated rings. The summed E-state index contributed by atoms with van der Waals surface area (Å²) in [4.78, 5) is 12.2. The van der Waals surface area contributed by atoms with Crippen LogP contribution in [0.25, 0.3) is 0 Å². The highest BCUT2D eigenvalue weighted by Crippen LogP contribution is 2.28. The minimum Gasteiger partial charge on any atom is -0.480 e. The second kappa shape index (κ2) is 5.54. The minimum atomic E-state index is -0.371. The van der Waals surface area contributed by atoms with E-state index in [0.29, 0.717) is 17.8 Å². The number of alkyl halides is 1. The second-order valence-corrected chi connectivity index (χ2v) is 5.46. The van der Waals surface area contributed by atoms with Crippen LogP contribution in [0.15, 0.2) is 24.3 Å². The van der Waals surface area contributed by atoms with Gasteiger partial charge in [0.25, 0.3) is 5.91 Å². The van der Waals surface area contributed by atoms with E-state index in [2.05, 4.69) is 28.2 Å². The van der Waals surface area contributed by atoms with Crippen molar-refractivity contribution in [1.29, 1.82) is 0 Å². The largest absolute Gasteiger partial charge is 0.480 e. The van der Waals surface area contributed by atoms with Gasteiger partial charge in [-0.05, 0) is 18.1 Å². The Kier molecular flexibility index (Phi) is 4.05. The van der Waals surface area contributed by atoms with Gasteiger partial charge in [0, 0.05) is 17.8 Å². The number of halogens is 1. The number of para-hydroxylation sites is 1. The Labute approximate surface area is 110 Å². The molecular formula is C13H16BrNO2. The first-order valence-corrected chi connectivity index (χ1v) is 6.78. The van der Waals surface area contributed by atoms with Gasteiger partial charge in [-0.1, -0.05) is 41.1 Å². The topological polar surface area (TPSA) is 38.3 Å². The van der Waals surface area contributed by atoms with Crippen molar-refractivity contribution in [3.05, 3.63) is 29.8 Å². The van der Waals surface area contributed by atoms with Crippen LogP contribution in [0.5, 0.6) is 5.75 Å². The van der Waals surface area contributed by atoms with E-state index in [4.69, 9.17) is 4.74 Å². The third-order valence-corrected chi connectivity index (χ3v) is 3.85. The Morgan fingerprint density at radius 3 is 3.06 bits per heavy atom. The number of nitrogens with one attached hydrogen (secondary N) is 1. The third-order valence-electron chi connectivity index (χ3n) is 2.88. The Hall–Kier alpha value is -1.03. The van der Waals surface area contributed by atoms with E-state index in [1.807, 2.05) is 24.3 Å². The molecule has 92 valence electrons. The van der Waals surface area contributed by atoms with Gasteiger partial charge in [0.1, 0.15) is 5.75 Å². The van der Waals surface area contributed by atoms with Gasteiger partial charge in [-0.15, -0.1) is 0 Å². The predicted octanol–water partition coefficient (Wildman–Crippen LogP) is 2.28. The average molecular weight is 298 g/mol. The highest BCUT2D eigenvalue weighted by Gasteiger charge is 2.28. The molecule has 0 aromatic heterocycles. The number of rotatable bonds is 4. The lowest BCUT2D eigenvalue weighted by atomic mass is 10.1. The van der Waals surface area contributed by atoms with Crippen LogP contribution in [0.3, 0.4) is 0 Å². The number of amides is 1. The van der Waals surface area contributed by atoms with Crippen molar-refractivity contribution in [2.24, 2.45) is 0 Å². The molecule has 1 aromatic carbocycles. The molecule has 2 unspecified atom stereocenters. The van der Waals surface area contributed by atoms with Crippen LogP contribution in [-0.4, -0.2) is 23.4 Å². The van der Waals surface area contributed by atoms with Gasteiger partial charge in [0.15, 0.2) is 6.10 Å². The van der Waals surface area contributed by atoms with E-state index in [0.717, 1.165) is 17.7 Å². The van der Waals surface area contributed by atoms with Gasteiger partial charge in [0.2, 0.25) is 0 Å². The molecule has 1 amide bonds. The first-order valence-electron chi connectivity index (χ1n) is 5.87. The number of hydrogen-bond acceptors (Lipinski definition) is 2. The molecule has 0 saturated heterocycles. The molecule has 2 atom stereocenters. The molecule has 1 N–H and O–H groups in total. The molecule has 1 aliphatic heterocycles. The quantitative estimate of drug-likeness (QED) is 0.866. The lowest BCUT2D eigenvalue weighted by molar-refractivity contribution is -0.127. The van der Waals surface area contributed by atoms with Crippen molar-refractivity contribution in [3.63, 3.8) is 0 Å². The molecule has 3 nitrogen and oxygen atoms in total. The molecule has 17 heavy (non-hydrogen) atoms. The number of ether oxygens (including phenoxy) is 1. The lowest BCUT2D eigenvalue weighted by Crippen LogP contribution is -2.39. The SMILES string of the molecule is CCC(Br)CNC(=O)C1Cc2ccccc2O1. The van der Waals surface area contributed by atoms with Gasteiger partial charge in [-0.3, -0.25) is 4.79 Å². The summed E-state index contributed by atoms with van der Waals surface area (Å²) >= 11 is 3.49. The van der Waals surface area contributed by atoms with Crippen LogP contribution in [-0.2, 0) is 11.2 Å². The van der Waals surface area contributed by atoms with Crippen molar-refractivity contribution >= 4 is 21.8 Å². The number of hydrogen-bond donors (Lipinski definition) is 1. The standard InChI is InChI=1S/C13H16BrNO2/c1-2-10(14)8-15-13(16)12-7-9-5-3-4-6-11(9)17-12/h3-6,10,12H,2,7-8H2,1H3,(H,15,16). The van der Waals surface area contributed by atoms with Crippen LogP contribution in [0.1, 0.15) is 18.9 Å². The average Bonchev–Trinajstić information content (AvgIpc) is 2.79. The number of carbonyl (C=O) groups is 1. The van der Waals surface area contributed by atoms with Crippen molar-refractivity contribution in [2.75, 3.05) is 6.54 Å². The molecule has 4 heteroatoms. The third kappa shape index (κ3) is 3.00. The fourth-order valence-electron chi connectivity index (χ4n) is 1.80. The van der Waals surface area contributed by atoms with Crippen molar-refractivity contribution in [2.45, 2.75) is 30.7 Å². The lowest BCUT2D eigenvalue weighted by Gasteiger charge is -2.13. The van der Waals surface area contributed by atoms with E-state index < -0.39 is 0 Å². The Morgan fingerprint density at radius 2 is 2.35 bits per heavy atom. The summed E-state index contributed by atoms with van der Waals surface area (Å²) in [7, 11) is 0. The van der Waals surface area contributed by atoms with Crippen molar-refractivity contribution < 1.29 is 9.53 Å². The van der Waals surface area contributed by atoms with Gasteiger partial charge in [-0.25, -0.2) is 0 Å². The molecule has 0 bridgehead atoms. The molecular weight excluding hydrogens is 282 g/mol.